The van der Waals surface area contributed by atoms with E-state index in [-0.39, 0.29) is 5.91 Å². The minimum atomic E-state index is -0.259. The van der Waals surface area contributed by atoms with E-state index >= 15 is 0 Å². The van der Waals surface area contributed by atoms with Crippen molar-refractivity contribution in [2.45, 2.75) is 17.0 Å². The molecule has 0 radical (unpaired) electrons. The third-order valence-electron chi connectivity index (χ3n) is 3.29. The van der Waals surface area contributed by atoms with E-state index in [9.17, 15) is 4.79 Å². The van der Waals surface area contributed by atoms with Gasteiger partial charge in [0.15, 0.2) is 5.16 Å². The largest absolute Gasteiger partial charge is 0.477 e. The van der Waals surface area contributed by atoms with Crippen LogP contribution in [0, 0.1) is 0 Å². The highest BCUT2D eigenvalue weighted by Crippen LogP contribution is 2.26. The molecule has 0 aliphatic carbocycles. The number of hydrogen-bond acceptors (Lipinski definition) is 6. The molecule has 2 aromatic heterocycles. The zero-order chi connectivity index (χ0) is 17.6. The van der Waals surface area contributed by atoms with E-state index in [1.807, 2.05) is 42.8 Å². The van der Waals surface area contributed by atoms with Gasteiger partial charge < -0.3 is 14.6 Å². The van der Waals surface area contributed by atoms with Crippen molar-refractivity contribution in [2.75, 3.05) is 11.9 Å². The summed E-state index contributed by atoms with van der Waals surface area (Å²) in [6, 6.07) is 10.9. The van der Waals surface area contributed by atoms with Gasteiger partial charge in [-0.2, -0.15) is 0 Å². The van der Waals surface area contributed by atoms with Crippen molar-refractivity contribution in [2.24, 2.45) is 7.05 Å². The van der Waals surface area contributed by atoms with Crippen LogP contribution in [0.3, 0.4) is 0 Å². The smallest absolute Gasteiger partial charge is 0.261 e. The van der Waals surface area contributed by atoms with Crippen LogP contribution in [0.2, 0.25) is 0 Å². The van der Waals surface area contributed by atoms with Gasteiger partial charge in [0.05, 0.1) is 6.61 Å². The first-order valence-corrected chi connectivity index (χ1v) is 8.50. The maximum absolute atomic E-state index is 12.4. The van der Waals surface area contributed by atoms with Crippen LogP contribution >= 0.6 is 11.8 Å². The van der Waals surface area contributed by atoms with Gasteiger partial charge in [-0.1, -0.05) is 0 Å². The summed E-state index contributed by atoms with van der Waals surface area (Å²) in [5.41, 5.74) is 1.10. The fourth-order valence-corrected chi connectivity index (χ4v) is 2.85. The molecule has 0 bridgehead atoms. The molecule has 1 N–H and O–H groups in total. The van der Waals surface area contributed by atoms with Gasteiger partial charge in [-0.15, -0.1) is 10.2 Å². The van der Waals surface area contributed by atoms with Crippen molar-refractivity contribution >= 4 is 23.4 Å². The number of aromatic nitrogens is 4. The number of aryl methyl sites for hydroxylation is 1. The van der Waals surface area contributed by atoms with Crippen molar-refractivity contribution < 1.29 is 9.53 Å². The molecule has 0 saturated carbocycles. The number of nitrogens with zero attached hydrogens (tertiary/aromatic N) is 4. The quantitative estimate of drug-likeness (QED) is 0.732. The van der Waals surface area contributed by atoms with Gasteiger partial charge in [0, 0.05) is 23.8 Å². The molecular formula is C17H17N5O2S. The molecule has 2 heterocycles. The number of amides is 1. The van der Waals surface area contributed by atoms with E-state index < -0.39 is 0 Å². The van der Waals surface area contributed by atoms with Crippen LogP contribution < -0.4 is 10.1 Å². The molecule has 0 aliphatic heterocycles. The molecule has 0 aliphatic rings. The molecule has 3 rings (SSSR count). The first kappa shape index (κ1) is 17.0. The van der Waals surface area contributed by atoms with E-state index in [2.05, 4.69) is 20.5 Å². The summed E-state index contributed by atoms with van der Waals surface area (Å²) in [4.78, 5) is 17.5. The Hall–Kier alpha value is -2.87. The molecule has 1 aromatic carbocycles. The summed E-state index contributed by atoms with van der Waals surface area (Å²) >= 11 is 1.50. The van der Waals surface area contributed by atoms with E-state index in [0.29, 0.717) is 23.7 Å². The fourth-order valence-electron chi connectivity index (χ4n) is 2.09. The van der Waals surface area contributed by atoms with Crippen molar-refractivity contribution in [1.82, 2.24) is 19.7 Å². The topological polar surface area (TPSA) is 81.9 Å². The Bertz CT molecular complexity index is 863. The lowest BCUT2D eigenvalue weighted by atomic mass is 10.2. The SMILES string of the molecule is CCOc1ncccc1C(=O)Nc1ccc(Sc2nncn2C)cc1. The Morgan fingerprint density at radius 2 is 2.08 bits per heavy atom. The van der Waals surface area contributed by atoms with Gasteiger partial charge in [0.25, 0.3) is 5.91 Å². The van der Waals surface area contributed by atoms with Crippen LogP contribution in [-0.4, -0.2) is 32.3 Å². The Balaban J connectivity index is 1.69. The highest BCUT2D eigenvalue weighted by molar-refractivity contribution is 7.99. The molecule has 0 atom stereocenters. The maximum atomic E-state index is 12.4. The molecular weight excluding hydrogens is 338 g/mol. The third-order valence-corrected chi connectivity index (χ3v) is 4.35. The Morgan fingerprint density at radius 3 is 2.76 bits per heavy atom. The van der Waals surface area contributed by atoms with Gasteiger partial charge in [-0.25, -0.2) is 4.98 Å². The van der Waals surface area contributed by atoms with Crippen LogP contribution in [0.1, 0.15) is 17.3 Å². The molecule has 0 spiro atoms. The number of ether oxygens (including phenoxy) is 1. The zero-order valence-corrected chi connectivity index (χ0v) is 14.7. The van der Waals surface area contributed by atoms with Crippen LogP contribution in [0.15, 0.2) is 59.0 Å². The summed E-state index contributed by atoms with van der Waals surface area (Å²) in [5, 5.41) is 11.5. The highest BCUT2D eigenvalue weighted by Gasteiger charge is 2.13. The number of pyridine rings is 1. The number of hydrogen-bond donors (Lipinski definition) is 1. The summed E-state index contributed by atoms with van der Waals surface area (Å²) < 4.78 is 7.24. The fraction of sp³-hybridized carbons (Fsp3) is 0.176. The van der Waals surface area contributed by atoms with Crippen molar-refractivity contribution in [1.29, 1.82) is 0 Å². The number of carbonyl (C=O) groups excluding carboxylic acids is 1. The minimum absolute atomic E-state index is 0.259. The van der Waals surface area contributed by atoms with Crippen LogP contribution in [0.5, 0.6) is 5.88 Å². The molecule has 8 heteroatoms. The molecule has 0 saturated heterocycles. The number of carbonyl (C=O) groups is 1. The van der Waals surface area contributed by atoms with E-state index in [1.165, 1.54) is 11.8 Å². The monoisotopic (exact) mass is 355 g/mol. The average molecular weight is 355 g/mol. The molecule has 128 valence electrons. The Morgan fingerprint density at radius 1 is 1.28 bits per heavy atom. The number of nitrogens with one attached hydrogen (secondary N) is 1. The van der Waals surface area contributed by atoms with Gasteiger partial charge in [0.2, 0.25) is 5.88 Å². The maximum Gasteiger partial charge on any atom is 0.261 e. The lowest BCUT2D eigenvalue weighted by Crippen LogP contribution is -2.14. The lowest BCUT2D eigenvalue weighted by Gasteiger charge is -2.09. The van der Waals surface area contributed by atoms with Crippen molar-refractivity contribution in [3.8, 4) is 5.88 Å². The first-order valence-electron chi connectivity index (χ1n) is 7.68. The highest BCUT2D eigenvalue weighted by atomic mass is 32.2. The molecule has 0 unspecified atom stereocenters. The predicted octanol–water partition coefficient (Wildman–Crippen LogP) is 3.01. The van der Waals surface area contributed by atoms with Gasteiger partial charge >= 0.3 is 0 Å². The molecule has 7 nitrogen and oxygen atoms in total. The Kier molecular flexibility index (Phi) is 5.30. The van der Waals surface area contributed by atoms with Crippen LogP contribution in [0.4, 0.5) is 5.69 Å². The zero-order valence-electron chi connectivity index (χ0n) is 13.8. The number of anilines is 1. The first-order chi connectivity index (χ1) is 12.2. The summed E-state index contributed by atoms with van der Waals surface area (Å²) in [7, 11) is 1.89. The number of rotatable bonds is 6. The summed E-state index contributed by atoms with van der Waals surface area (Å²) in [5.74, 6) is 0.0715. The van der Waals surface area contributed by atoms with Crippen molar-refractivity contribution in [3.05, 3.63) is 54.5 Å². The van der Waals surface area contributed by atoms with E-state index in [4.69, 9.17) is 4.74 Å². The lowest BCUT2D eigenvalue weighted by molar-refractivity contribution is 0.102. The van der Waals surface area contributed by atoms with Crippen LogP contribution in [0.25, 0.3) is 0 Å². The second-order valence-corrected chi connectivity index (χ2v) is 6.13. The second kappa shape index (κ2) is 7.80. The second-order valence-electron chi connectivity index (χ2n) is 5.09. The predicted molar refractivity (Wildman–Crippen MR) is 94.9 cm³/mol. The number of benzene rings is 1. The van der Waals surface area contributed by atoms with Gasteiger partial charge in [0.1, 0.15) is 11.9 Å². The van der Waals surface area contributed by atoms with E-state index in [1.54, 1.807) is 24.7 Å². The summed E-state index contributed by atoms with van der Waals surface area (Å²) in [6.45, 7) is 2.30. The summed E-state index contributed by atoms with van der Waals surface area (Å²) in [6.07, 6.45) is 3.25. The minimum Gasteiger partial charge on any atom is -0.477 e. The molecule has 25 heavy (non-hydrogen) atoms. The van der Waals surface area contributed by atoms with Crippen LogP contribution in [-0.2, 0) is 7.05 Å². The van der Waals surface area contributed by atoms with Gasteiger partial charge in [-0.3, -0.25) is 4.79 Å². The normalized spacial score (nSPS) is 10.5. The Labute approximate surface area is 149 Å². The van der Waals surface area contributed by atoms with Crippen molar-refractivity contribution in [3.63, 3.8) is 0 Å². The molecule has 0 fully saturated rings. The molecule has 3 aromatic rings. The van der Waals surface area contributed by atoms with Gasteiger partial charge in [-0.05, 0) is 55.1 Å². The third kappa shape index (κ3) is 4.16. The standard InChI is InChI=1S/C17H17N5O2S/c1-3-24-16-14(5-4-10-18-16)15(23)20-12-6-8-13(9-7-12)25-17-21-19-11-22(17)2/h4-11H,3H2,1-2H3,(H,20,23). The van der Waals surface area contributed by atoms with E-state index in [0.717, 1.165) is 10.1 Å². The molecule has 1 amide bonds. The average Bonchev–Trinajstić information content (AvgIpc) is 3.02.